The van der Waals surface area contributed by atoms with E-state index >= 15 is 0 Å². The fourth-order valence-corrected chi connectivity index (χ4v) is 2.08. The Morgan fingerprint density at radius 3 is 2.88 bits per heavy atom. The van der Waals surface area contributed by atoms with Crippen molar-refractivity contribution in [3.05, 3.63) is 47.0 Å². The average Bonchev–Trinajstić information content (AvgIpc) is 2.28. The van der Waals surface area contributed by atoms with Crippen LogP contribution in [0.4, 0.5) is 0 Å². The summed E-state index contributed by atoms with van der Waals surface area (Å²) in [6, 6.07) is 6.49. The maximum absolute atomic E-state index is 6.14. The summed E-state index contributed by atoms with van der Waals surface area (Å²) >= 11 is 6.14. The number of halogens is 1. The van der Waals surface area contributed by atoms with Gasteiger partial charge < -0.3 is 5.32 Å². The van der Waals surface area contributed by atoms with Crippen LogP contribution in [0.25, 0.3) is 0 Å². The molecular weight excluding hydrogens is 218 g/mol. The lowest BCUT2D eigenvalue weighted by Crippen LogP contribution is -2.21. The van der Waals surface area contributed by atoms with Crippen LogP contribution in [0.1, 0.15) is 36.9 Å². The van der Waals surface area contributed by atoms with Crippen LogP contribution in [-0.4, -0.2) is 6.54 Å². The van der Waals surface area contributed by atoms with E-state index in [4.69, 9.17) is 11.6 Å². The zero-order valence-electron chi connectivity index (χ0n) is 10.1. The van der Waals surface area contributed by atoms with Crippen molar-refractivity contribution in [2.45, 2.75) is 32.7 Å². The van der Waals surface area contributed by atoms with Gasteiger partial charge in [-0.25, -0.2) is 0 Å². The van der Waals surface area contributed by atoms with Gasteiger partial charge in [-0.15, -0.1) is 6.58 Å². The van der Waals surface area contributed by atoms with Crippen LogP contribution in [0, 0.1) is 6.92 Å². The first kappa shape index (κ1) is 13.3. The normalized spacial score (nSPS) is 12.4. The molecule has 0 saturated carbocycles. The molecule has 0 aliphatic carbocycles. The van der Waals surface area contributed by atoms with Gasteiger partial charge in [-0.3, -0.25) is 0 Å². The quantitative estimate of drug-likeness (QED) is 0.729. The Labute approximate surface area is 104 Å². The Hall–Kier alpha value is -0.790. The van der Waals surface area contributed by atoms with Gasteiger partial charge in [0.2, 0.25) is 0 Å². The van der Waals surface area contributed by atoms with Crippen molar-refractivity contribution in [3.8, 4) is 0 Å². The summed E-state index contributed by atoms with van der Waals surface area (Å²) in [6.45, 7) is 8.94. The van der Waals surface area contributed by atoms with E-state index in [9.17, 15) is 0 Å². The molecule has 1 unspecified atom stereocenters. The summed E-state index contributed by atoms with van der Waals surface area (Å²) < 4.78 is 0. The molecule has 16 heavy (non-hydrogen) atoms. The van der Waals surface area contributed by atoms with Gasteiger partial charge in [0.1, 0.15) is 0 Å². The van der Waals surface area contributed by atoms with Crippen LogP contribution in [0.3, 0.4) is 0 Å². The van der Waals surface area contributed by atoms with Crippen molar-refractivity contribution in [1.82, 2.24) is 5.32 Å². The fourth-order valence-electron chi connectivity index (χ4n) is 1.90. The summed E-state index contributed by atoms with van der Waals surface area (Å²) in [4.78, 5) is 0. The SMILES string of the molecule is C=CCCC(NCC)c1cccc(Cl)c1C. The molecule has 88 valence electrons. The molecule has 0 amide bonds. The maximum Gasteiger partial charge on any atom is 0.0438 e. The van der Waals surface area contributed by atoms with Gasteiger partial charge in [0.05, 0.1) is 0 Å². The van der Waals surface area contributed by atoms with Crippen molar-refractivity contribution in [2.24, 2.45) is 0 Å². The van der Waals surface area contributed by atoms with E-state index in [1.165, 1.54) is 11.1 Å². The van der Waals surface area contributed by atoms with E-state index in [0.29, 0.717) is 6.04 Å². The predicted molar refractivity (Wildman–Crippen MR) is 72.0 cm³/mol. The molecule has 0 radical (unpaired) electrons. The highest BCUT2D eigenvalue weighted by atomic mass is 35.5. The third-order valence-electron chi connectivity index (χ3n) is 2.79. The van der Waals surface area contributed by atoms with E-state index in [-0.39, 0.29) is 0 Å². The van der Waals surface area contributed by atoms with Crippen LogP contribution in [0.5, 0.6) is 0 Å². The molecule has 1 N–H and O–H groups in total. The standard InChI is InChI=1S/C14H20ClN/c1-4-6-10-14(16-5-2)12-8-7-9-13(15)11(12)3/h4,7-9,14,16H,1,5-6,10H2,2-3H3. The Morgan fingerprint density at radius 2 is 2.25 bits per heavy atom. The summed E-state index contributed by atoms with van der Waals surface area (Å²) in [5.41, 5.74) is 2.48. The monoisotopic (exact) mass is 237 g/mol. The predicted octanol–water partition coefficient (Wildman–Crippen LogP) is 4.27. The fraction of sp³-hybridized carbons (Fsp3) is 0.429. The molecule has 1 nitrogen and oxygen atoms in total. The molecule has 1 atom stereocenters. The molecule has 0 aromatic heterocycles. The molecule has 1 rings (SSSR count). The summed E-state index contributed by atoms with van der Waals surface area (Å²) in [5.74, 6) is 0. The minimum Gasteiger partial charge on any atom is -0.310 e. The zero-order chi connectivity index (χ0) is 12.0. The maximum atomic E-state index is 6.14. The lowest BCUT2D eigenvalue weighted by atomic mass is 9.97. The van der Waals surface area contributed by atoms with Gasteiger partial charge in [-0.2, -0.15) is 0 Å². The second-order valence-corrected chi connectivity index (χ2v) is 4.34. The lowest BCUT2D eigenvalue weighted by Gasteiger charge is -2.20. The Balaban J connectivity index is 2.90. The highest BCUT2D eigenvalue weighted by Crippen LogP contribution is 2.26. The van der Waals surface area contributed by atoms with Crippen molar-refractivity contribution in [3.63, 3.8) is 0 Å². The molecule has 0 bridgehead atoms. The second-order valence-electron chi connectivity index (χ2n) is 3.93. The van der Waals surface area contributed by atoms with Crippen LogP contribution in [0.15, 0.2) is 30.9 Å². The van der Waals surface area contributed by atoms with Gasteiger partial charge in [-0.1, -0.05) is 36.7 Å². The minimum atomic E-state index is 0.377. The van der Waals surface area contributed by atoms with E-state index in [0.717, 1.165) is 24.4 Å². The number of hydrogen-bond donors (Lipinski definition) is 1. The minimum absolute atomic E-state index is 0.377. The third kappa shape index (κ3) is 3.36. The van der Waals surface area contributed by atoms with Gasteiger partial charge in [-0.05, 0) is 43.5 Å². The molecule has 0 aliphatic rings. The summed E-state index contributed by atoms with van der Waals surface area (Å²) in [5, 5.41) is 4.34. The number of rotatable bonds is 6. The van der Waals surface area contributed by atoms with Crippen LogP contribution >= 0.6 is 11.6 Å². The number of hydrogen-bond acceptors (Lipinski definition) is 1. The molecule has 0 saturated heterocycles. The molecule has 0 spiro atoms. The smallest absolute Gasteiger partial charge is 0.0438 e. The van der Waals surface area contributed by atoms with Crippen LogP contribution in [-0.2, 0) is 0 Å². The first-order valence-electron chi connectivity index (χ1n) is 5.80. The first-order valence-corrected chi connectivity index (χ1v) is 6.17. The Bertz CT molecular complexity index is 347. The van der Waals surface area contributed by atoms with Gasteiger partial charge in [0.15, 0.2) is 0 Å². The third-order valence-corrected chi connectivity index (χ3v) is 3.20. The molecule has 0 heterocycles. The number of allylic oxidation sites excluding steroid dienone is 1. The number of benzene rings is 1. The zero-order valence-corrected chi connectivity index (χ0v) is 10.8. The van der Waals surface area contributed by atoms with Crippen LogP contribution in [0.2, 0.25) is 5.02 Å². The summed E-state index contributed by atoms with van der Waals surface area (Å²) in [6.07, 6.45) is 4.05. The summed E-state index contributed by atoms with van der Waals surface area (Å²) in [7, 11) is 0. The van der Waals surface area contributed by atoms with Gasteiger partial charge in [0.25, 0.3) is 0 Å². The van der Waals surface area contributed by atoms with Gasteiger partial charge in [0, 0.05) is 11.1 Å². The highest BCUT2D eigenvalue weighted by molar-refractivity contribution is 6.31. The molecule has 1 aromatic carbocycles. The van der Waals surface area contributed by atoms with Crippen molar-refractivity contribution in [1.29, 1.82) is 0 Å². The molecule has 1 aromatic rings. The van der Waals surface area contributed by atoms with E-state index in [1.54, 1.807) is 0 Å². The Kier molecular flexibility index (Phi) is 5.58. The molecule has 0 aliphatic heterocycles. The van der Waals surface area contributed by atoms with E-state index in [2.05, 4.69) is 31.8 Å². The average molecular weight is 238 g/mol. The number of nitrogens with one attached hydrogen (secondary N) is 1. The van der Waals surface area contributed by atoms with Crippen molar-refractivity contribution >= 4 is 11.6 Å². The van der Waals surface area contributed by atoms with E-state index < -0.39 is 0 Å². The largest absolute Gasteiger partial charge is 0.310 e. The molecule has 0 fully saturated rings. The van der Waals surface area contributed by atoms with Crippen molar-refractivity contribution in [2.75, 3.05) is 6.54 Å². The van der Waals surface area contributed by atoms with Crippen LogP contribution < -0.4 is 5.32 Å². The van der Waals surface area contributed by atoms with Crippen molar-refractivity contribution < 1.29 is 0 Å². The lowest BCUT2D eigenvalue weighted by molar-refractivity contribution is 0.517. The highest BCUT2D eigenvalue weighted by Gasteiger charge is 2.12. The molecular formula is C14H20ClN. The molecule has 2 heteroatoms. The van der Waals surface area contributed by atoms with E-state index in [1.807, 2.05) is 18.2 Å². The second kappa shape index (κ2) is 6.72. The topological polar surface area (TPSA) is 12.0 Å². The van der Waals surface area contributed by atoms with Gasteiger partial charge >= 0.3 is 0 Å². The Morgan fingerprint density at radius 1 is 1.50 bits per heavy atom. The first-order chi connectivity index (χ1) is 7.70.